The van der Waals surface area contributed by atoms with Crippen molar-refractivity contribution >= 4 is 5.91 Å². The fraction of sp³-hybridized carbons (Fsp3) is 0.636. The number of carbonyl (C=O) groups is 1. The minimum absolute atomic E-state index is 0.0335. The second-order valence-corrected chi connectivity index (χ2v) is 3.93. The van der Waals surface area contributed by atoms with Gasteiger partial charge in [-0.2, -0.15) is 5.10 Å². The molecule has 5 heteroatoms. The van der Waals surface area contributed by atoms with Gasteiger partial charge < -0.3 is 10.2 Å². The zero-order valence-electron chi connectivity index (χ0n) is 9.84. The van der Waals surface area contributed by atoms with Gasteiger partial charge in [-0.15, -0.1) is 0 Å². The number of carbonyl (C=O) groups excluding carboxylic acids is 1. The molecule has 0 saturated carbocycles. The van der Waals surface area contributed by atoms with Crippen LogP contribution in [0, 0.1) is 0 Å². The molecule has 0 fully saturated rings. The van der Waals surface area contributed by atoms with Crippen LogP contribution in [0.1, 0.15) is 35.6 Å². The SMILES string of the molecule is CCN(CC)C(=O)c1n[nH]c2c1CNCC2. The van der Waals surface area contributed by atoms with Gasteiger partial charge in [-0.1, -0.05) is 0 Å². The molecule has 0 saturated heterocycles. The summed E-state index contributed by atoms with van der Waals surface area (Å²) in [6, 6.07) is 0. The molecule has 0 unspecified atom stereocenters. The number of nitrogens with zero attached hydrogens (tertiary/aromatic N) is 2. The molecule has 2 rings (SSSR count). The molecule has 1 aromatic rings. The zero-order chi connectivity index (χ0) is 11.5. The van der Waals surface area contributed by atoms with Gasteiger partial charge >= 0.3 is 0 Å². The number of nitrogens with one attached hydrogen (secondary N) is 2. The van der Waals surface area contributed by atoms with Gasteiger partial charge in [0, 0.05) is 43.9 Å². The van der Waals surface area contributed by atoms with Crippen molar-refractivity contribution in [1.29, 1.82) is 0 Å². The smallest absolute Gasteiger partial charge is 0.274 e. The van der Waals surface area contributed by atoms with Gasteiger partial charge in [0.05, 0.1) is 0 Å². The van der Waals surface area contributed by atoms with Crippen molar-refractivity contribution in [2.45, 2.75) is 26.8 Å². The molecule has 5 nitrogen and oxygen atoms in total. The number of aromatic nitrogens is 2. The van der Waals surface area contributed by atoms with Crippen LogP contribution < -0.4 is 5.32 Å². The van der Waals surface area contributed by atoms with Crippen molar-refractivity contribution in [3.63, 3.8) is 0 Å². The number of aromatic amines is 1. The second kappa shape index (κ2) is 4.65. The Hall–Kier alpha value is -1.36. The molecular formula is C11H18N4O. The zero-order valence-corrected chi connectivity index (χ0v) is 9.84. The van der Waals surface area contributed by atoms with E-state index in [0.717, 1.165) is 43.9 Å². The van der Waals surface area contributed by atoms with Crippen molar-refractivity contribution in [1.82, 2.24) is 20.4 Å². The lowest BCUT2D eigenvalue weighted by Crippen LogP contribution is -2.32. The van der Waals surface area contributed by atoms with Gasteiger partial charge in [0.25, 0.3) is 5.91 Å². The highest BCUT2D eigenvalue weighted by molar-refractivity contribution is 5.94. The highest BCUT2D eigenvalue weighted by Gasteiger charge is 2.23. The largest absolute Gasteiger partial charge is 0.338 e. The summed E-state index contributed by atoms with van der Waals surface area (Å²) in [5.41, 5.74) is 2.74. The summed E-state index contributed by atoms with van der Waals surface area (Å²) in [5.74, 6) is 0.0335. The fourth-order valence-corrected chi connectivity index (χ4v) is 2.06. The number of H-pyrrole nitrogens is 1. The van der Waals surface area contributed by atoms with Crippen LogP contribution in [0.2, 0.25) is 0 Å². The van der Waals surface area contributed by atoms with E-state index >= 15 is 0 Å². The third kappa shape index (κ3) is 1.82. The van der Waals surface area contributed by atoms with Crippen LogP contribution in [0.25, 0.3) is 0 Å². The van der Waals surface area contributed by atoms with Gasteiger partial charge in [-0.25, -0.2) is 0 Å². The monoisotopic (exact) mass is 222 g/mol. The quantitative estimate of drug-likeness (QED) is 0.784. The van der Waals surface area contributed by atoms with Gasteiger partial charge in [0.15, 0.2) is 5.69 Å². The first kappa shape index (κ1) is 11.1. The Labute approximate surface area is 95.2 Å². The summed E-state index contributed by atoms with van der Waals surface area (Å²) in [7, 11) is 0. The van der Waals surface area contributed by atoms with Crippen LogP contribution in [0.5, 0.6) is 0 Å². The van der Waals surface area contributed by atoms with Crippen LogP contribution in [0.4, 0.5) is 0 Å². The van der Waals surface area contributed by atoms with E-state index < -0.39 is 0 Å². The predicted molar refractivity (Wildman–Crippen MR) is 61.2 cm³/mol. The van der Waals surface area contributed by atoms with E-state index in [1.54, 1.807) is 4.90 Å². The van der Waals surface area contributed by atoms with Gasteiger partial charge in [0.1, 0.15) is 0 Å². The first-order valence-electron chi connectivity index (χ1n) is 5.84. The topological polar surface area (TPSA) is 61.0 Å². The van der Waals surface area contributed by atoms with Crippen LogP contribution >= 0.6 is 0 Å². The third-order valence-corrected chi connectivity index (χ3v) is 3.06. The Morgan fingerprint density at radius 1 is 1.44 bits per heavy atom. The van der Waals surface area contributed by atoms with Crippen molar-refractivity contribution in [3.8, 4) is 0 Å². The lowest BCUT2D eigenvalue weighted by Gasteiger charge is -2.19. The molecule has 0 bridgehead atoms. The summed E-state index contributed by atoms with van der Waals surface area (Å²) in [6.45, 7) is 7.12. The summed E-state index contributed by atoms with van der Waals surface area (Å²) < 4.78 is 0. The highest BCUT2D eigenvalue weighted by atomic mass is 16.2. The lowest BCUT2D eigenvalue weighted by molar-refractivity contribution is 0.0765. The molecule has 1 aromatic heterocycles. The molecule has 2 N–H and O–H groups in total. The van der Waals surface area contributed by atoms with Crippen molar-refractivity contribution in [2.75, 3.05) is 19.6 Å². The Balaban J connectivity index is 2.26. The summed E-state index contributed by atoms with van der Waals surface area (Å²) in [5, 5.41) is 10.4. The standard InChI is InChI=1S/C11H18N4O/c1-3-15(4-2)11(16)10-8-7-12-6-5-9(8)13-14-10/h12H,3-7H2,1-2H3,(H,13,14). The fourth-order valence-electron chi connectivity index (χ4n) is 2.06. The number of fused-ring (bicyclic) bond motifs is 1. The lowest BCUT2D eigenvalue weighted by atomic mass is 10.1. The number of hydrogen-bond acceptors (Lipinski definition) is 3. The normalized spacial score (nSPS) is 14.6. The van der Waals surface area contributed by atoms with Crippen LogP contribution in [0.3, 0.4) is 0 Å². The Bertz CT molecular complexity index is 381. The van der Waals surface area contributed by atoms with Crippen LogP contribution in [0.15, 0.2) is 0 Å². The maximum atomic E-state index is 12.2. The Morgan fingerprint density at radius 2 is 2.19 bits per heavy atom. The minimum Gasteiger partial charge on any atom is -0.338 e. The Morgan fingerprint density at radius 3 is 2.88 bits per heavy atom. The summed E-state index contributed by atoms with van der Waals surface area (Å²) in [6.07, 6.45) is 0.924. The molecule has 2 heterocycles. The molecule has 0 aliphatic carbocycles. The van der Waals surface area contributed by atoms with Crippen LogP contribution in [-0.2, 0) is 13.0 Å². The van der Waals surface area contributed by atoms with Gasteiger partial charge in [-0.05, 0) is 13.8 Å². The number of amides is 1. The molecular weight excluding hydrogens is 204 g/mol. The molecule has 88 valence electrons. The predicted octanol–water partition coefficient (Wildman–Crippen LogP) is 0.537. The maximum absolute atomic E-state index is 12.2. The number of hydrogen-bond donors (Lipinski definition) is 2. The van der Waals surface area contributed by atoms with Gasteiger partial charge in [-0.3, -0.25) is 9.89 Å². The molecule has 0 atom stereocenters. The average molecular weight is 222 g/mol. The Kier molecular flexibility index (Phi) is 3.24. The highest BCUT2D eigenvalue weighted by Crippen LogP contribution is 2.16. The van der Waals surface area contributed by atoms with E-state index in [9.17, 15) is 4.79 Å². The molecule has 1 aliphatic heterocycles. The van der Waals surface area contributed by atoms with E-state index in [0.29, 0.717) is 5.69 Å². The van der Waals surface area contributed by atoms with E-state index in [4.69, 9.17) is 0 Å². The molecule has 0 aromatic carbocycles. The van der Waals surface area contributed by atoms with Crippen molar-refractivity contribution in [3.05, 3.63) is 17.0 Å². The second-order valence-electron chi connectivity index (χ2n) is 3.93. The molecule has 0 spiro atoms. The van der Waals surface area contributed by atoms with E-state index in [2.05, 4.69) is 15.5 Å². The minimum atomic E-state index is 0.0335. The van der Waals surface area contributed by atoms with E-state index in [-0.39, 0.29) is 5.91 Å². The molecule has 0 radical (unpaired) electrons. The molecule has 16 heavy (non-hydrogen) atoms. The van der Waals surface area contributed by atoms with Gasteiger partial charge in [0.2, 0.25) is 0 Å². The van der Waals surface area contributed by atoms with E-state index in [1.807, 2.05) is 13.8 Å². The third-order valence-electron chi connectivity index (χ3n) is 3.06. The first-order valence-corrected chi connectivity index (χ1v) is 5.84. The van der Waals surface area contributed by atoms with Crippen LogP contribution in [-0.4, -0.2) is 40.6 Å². The average Bonchev–Trinajstić information content (AvgIpc) is 2.74. The number of rotatable bonds is 3. The van der Waals surface area contributed by atoms with Crippen molar-refractivity contribution < 1.29 is 4.79 Å². The molecule has 1 amide bonds. The maximum Gasteiger partial charge on any atom is 0.274 e. The van der Waals surface area contributed by atoms with E-state index in [1.165, 1.54) is 0 Å². The summed E-state index contributed by atoms with van der Waals surface area (Å²) >= 11 is 0. The summed E-state index contributed by atoms with van der Waals surface area (Å²) in [4.78, 5) is 14.0. The molecule has 1 aliphatic rings. The first-order chi connectivity index (χ1) is 7.77. The van der Waals surface area contributed by atoms with Crippen molar-refractivity contribution in [2.24, 2.45) is 0 Å².